The van der Waals surface area contributed by atoms with Crippen LogP contribution in [0.2, 0.25) is 5.02 Å². The number of carboxylic acid groups (broad SMARTS) is 1. The van der Waals surface area contributed by atoms with Crippen molar-refractivity contribution in [3.8, 4) is 5.75 Å². The van der Waals surface area contributed by atoms with E-state index >= 15 is 0 Å². The number of likely N-dealkylation sites (N-methyl/N-ethyl adjacent to an activating group) is 1. The van der Waals surface area contributed by atoms with Gasteiger partial charge in [0.05, 0.1) is 10.6 Å². The smallest absolute Gasteiger partial charge is 0.414 e. The molecule has 0 aliphatic heterocycles. The Labute approximate surface area is 202 Å². The molecule has 0 saturated heterocycles. The lowest BCUT2D eigenvalue weighted by molar-refractivity contribution is -0.139. The van der Waals surface area contributed by atoms with Crippen molar-refractivity contribution in [2.45, 2.75) is 18.9 Å². The third-order valence-corrected chi connectivity index (χ3v) is 5.51. The molecule has 0 aromatic heterocycles. The Balaban J connectivity index is 1.55. The highest BCUT2D eigenvalue weighted by atomic mass is 35.5. The van der Waals surface area contributed by atoms with E-state index in [9.17, 15) is 19.5 Å². The lowest BCUT2D eigenvalue weighted by Gasteiger charge is -2.17. The van der Waals surface area contributed by atoms with Gasteiger partial charge in [0.25, 0.3) is 5.91 Å². The van der Waals surface area contributed by atoms with Crippen LogP contribution < -0.4 is 10.1 Å². The lowest BCUT2D eigenvalue weighted by atomic mass is 10.1. The number of halogens is 1. The first kappa shape index (κ1) is 24.8. The third kappa shape index (κ3) is 7.08. The summed E-state index contributed by atoms with van der Waals surface area (Å²) < 4.78 is 5.39. The van der Waals surface area contributed by atoms with Crippen molar-refractivity contribution in [1.82, 2.24) is 10.2 Å². The van der Waals surface area contributed by atoms with Crippen LogP contribution >= 0.6 is 11.6 Å². The van der Waals surface area contributed by atoms with Gasteiger partial charge in [-0.25, -0.2) is 9.59 Å². The number of carboxylic acids is 1. The fourth-order valence-electron chi connectivity index (χ4n) is 3.22. The molecule has 0 aliphatic rings. The van der Waals surface area contributed by atoms with E-state index in [4.69, 9.17) is 16.3 Å². The Kier molecular flexibility index (Phi) is 8.65. The van der Waals surface area contributed by atoms with Crippen molar-refractivity contribution < 1.29 is 24.2 Å². The summed E-state index contributed by atoms with van der Waals surface area (Å²) in [5.74, 6) is -1.40. The van der Waals surface area contributed by atoms with E-state index in [-0.39, 0.29) is 17.0 Å². The molecule has 7 nitrogen and oxygen atoms in total. The molecule has 2 amide bonds. The first-order valence-electron chi connectivity index (χ1n) is 10.7. The zero-order chi connectivity index (χ0) is 24.5. The molecule has 2 N–H and O–H groups in total. The highest BCUT2D eigenvalue weighted by Gasteiger charge is 2.22. The van der Waals surface area contributed by atoms with E-state index in [0.29, 0.717) is 24.3 Å². The summed E-state index contributed by atoms with van der Waals surface area (Å²) >= 11 is 6.02. The normalized spacial score (nSPS) is 11.4. The molecule has 0 unspecified atom stereocenters. The predicted octanol–water partition coefficient (Wildman–Crippen LogP) is 4.44. The molecule has 0 bridgehead atoms. The minimum atomic E-state index is -1.17. The van der Waals surface area contributed by atoms with Crippen LogP contribution in [-0.2, 0) is 17.6 Å². The zero-order valence-electron chi connectivity index (χ0n) is 18.6. The van der Waals surface area contributed by atoms with Gasteiger partial charge in [0, 0.05) is 20.0 Å². The van der Waals surface area contributed by atoms with Gasteiger partial charge in [0.1, 0.15) is 11.8 Å². The number of nitrogens with one attached hydrogen (secondary N) is 1. The van der Waals surface area contributed by atoms with E-state index < -0.39 is 24.0 Å². The molecule has 0 heterocycles. The summed E-state index contributed by atoms with van der Waals surface area (Å²) in [7, 11) is 1.67. The van der Waals surface area contributed by atoms with E-state index in [1.54, 1.807) is 49.5 Å². The van der Waals surface area contributed by atoms with Crippen LogP contribution in [0.3, 0.4) is 0 Å². The standard InChI is InChI=1S/C26H25ClN2O5/c1-29(16-15-18-7-3-2-4-8-18)26(33)34-20-13-11-19(12-14-20)17-23(25(31)32)28-24(30)21-9-5-6-10-22(21)27/h2-14,23H,15-17H2,1H3,(H,28,30)(H,31,32)/t23-/m0/s1. The lowest BCUT2D eigenvalue weighted by Crippen LogP contribution is -2.42. The molecule has 0 fully saturated rings. The molecule has 3 aromatic carbocycles. The quantitative estimate of drug-likeness (QED) is 0.472. The van der Waals surface area contributed by atoms with E-state index in [1.165, 1.54) is 11.0 Å². The second-order valence-corrected chi connectivity index (χ2v) is 8.12. The second kappa shape index (κ2) is 11.9. The second-order valence-electron chi connectivity index (χ2n) is 7.72. The maximum Gasteiger partial charge on any atom is 0.414 e. The SMILES string of the molecule is CN(CCc1ccccc1)C(=O)Oc1ccc(C[C@H](NC(=O)c2ccccc2Cl)C(=O)O)cc1. The Morgan fingerprint density at radius 1 is 0.941 bits per heavy atom. The first-order valence-corrected chi connectivity index (χ1v) is 11.1. The largest absolute Gasteiger partial charge is 0.480 e. The zero-order valence-corrected chi connectivity index (χ0v) is 19.4. The summed E-state index contributed by atoms with van der Waals surface area (Å²) in [5.41, 5.74) is 1.99. The Hall–Kier alpha value is -3.84. The highest BCUT2D eigenvalue weighted by molar-refractivity contribution is 6.33. The highest BCUT2D eigenvalue weighted by Crippen LogP contribution is 2.17. The minimum Gasteiger partial charge on any atom is -0.480 e. The minimum absolute atomic E-state index is 0.0523. The molecule has 1 atom stereocenters. The van der Waals surface area contributed by atoms with Crippen LogP contribution in [0.1, 0.15) is 21.5 Å². The van der Waals surface area contributed by atoms with E-state index in [2.05, 4.69) is 5.32 Å². The summed E-state index contributed by atoms with van der Waals surface area (Å²) in [6.45, 7) is 0.506. The number of rotatable bonds is 9. The van der Waals surface area contributed by atoms with Gasteiger partial charge in [0.2, 0.25) is 0 Å². The summed E-state index contributed by atoms with van der Waals surface area (Å²) in [5, 5.41) is 12.3. The average Bonchev–Trinajstić information content (AvgIpc) is 2.84. The molecule has 0 aliphatic carbocycles. The van der Waals surface area contributed by atoms with Crippen LogP contribution in [0.15, 0.2) is 78.9 Å². The Morgan fingerprint density at radius 3 is 2.24 bits per heavy atom. The van der Waals surface area contributed by atoms with Crippen LogP contribution in [0, 0.1) is 0 Å². The maximum atomic E-state index is 12.4. The molecular formula is C26H25ClN2O5. The molecule has 3 aromatic rings. The van der Waals surface area contributed by atoms with E-state index in [1.807, 2.05) is 30.3 Å². The maximum absolute atomic E-state index is 12.4. The van der Waals surface area contributed by atoms with Crippen LogP contribution in [-0.4, -0.2) is 47.6 Å². The molecule has 3 rings (SSSR count). The topological polar surface area (TPSA) is 95.9 Å². The Morgan fingerprint density at radius 2 is 1.59 bits per heavy atom. The number of amides is 2. The molecular weight excluding hydrogens is 456 g/mol. The molecule has 34 heavy (non-hydrogen) atoms. The van der Waals surface area contributed by atoms with Crippen molar-refractivity contribution >= 4 is 29.6 Å². The number of hydrogen-bond donors (Lipinski definition) is 2. The van der Waals surface area contributed by atoms with Gasteiger partial charge < -0.3 is 20.1 Å². The van der Waals surface area contributed by atoms with Gasteiger partial charge >= 0.3 is 12.1 Å². The number of hydrogen-bond acceptors (Lipinski definition) is 4. The summed E-state index contributed by atoms with van der Waals surface area (Å²) in [6.07, 6.45) is 0.276. The number of aliphatic carboxylic acids is 1. The molecule has 0 saturated carbocycles. The fourth-order valence-corrected chi connectivity index (χ4v) is 3.44. The fraction of sp³-hybridized carbons (Fsp3) is 0.192. The number of carbonyl (C=O) groups excluding carboxylic acids is 2. The van der Waals surface area contributed by atoms with Gasteiger partial charge in [-0.3, -0.25) is 4.79 Å². The van der Waals surface area contributed by atoms with Crippen LogP contribution in [0.5, 0.6) is 5.75 Å². The van der Waals surface area contributed by atoms with Crippen molar-refractivity contribution in [1.29, 1.82) is 0 Å². The number of nitrogens with zero attached hydrogens (tertiary/aromatic N) is 1. The summed E-state index contributed by atoms with van der Waals surface area (Å²) in [6, 6.07) is 21.6. The molecule has 0 radical (unpaired) electrons. The van der Waals surface area contributed by atoms with Gasteiger partial charge in [-0.2, -0.15) is 0 Å². The van der Waals surface area contributed by atoms with Gasteiger partial charge in [-0.05, 0) is 41.8 Å². The van der Waals surface area contributed by atoms with Crippen molar-refractivity contribution in [2.75, 3.05) is 13.6 Å². The number of benzene rings is 3. The monoisotopic (exact) mass is 480 g/mol. The van der Waals surface area contributed by atoms with Gasteiger partial charge in [-0.15, -0.1) is 0 Å². The van der Waals surface area contributed by atoms with Crippen LogP contribution in [0.4, 0.5) is 4.79 Å². The molecule has 8 heteroatoms. The van der Waals surface area contributed by atoms with E-state index in [0.717, 1.165) is 5.56 Å². The summed E-state index contributed by atoms with van der Waals surface area (Å²) in [4.78, 5) is 37.9. The van der Waals surface area contributed by atoms with Crippen molar-refractivity contribution in [3.63, 3.8) is 0 Å². The van der Waals surface area contributed by atoms with Gasteiger partial charge in [-0.1, -0.05) is 66.2 Å². The number of ether oxygens (including phenoxy) is 1. The Bertz CT molecular complexity index is 1140. The average molecular weight is 481 g/mol. The molecule has 0 spiro atoms. The van der Waals surface area contributed by atoms with Crippen molar-refractivity contribution in [2.24, 2.45) is 0 Å². The van der Waals surface area contributed by atoms with Crippen LogP contribution in [0.25, 0.3) is 0 Å². The van der Waals surface area contributed by atoms with Crippen molar-refractivity contribution in [3.05, 3.63) is 101 Å². The number of carbonyl (C=O) groups is 3. The predicted molar refractivity (Wildman–Crippen MR) is 129 cm³/mol. The third-order valence-electron chi connectivity index (χ3n) is 5.18. The molecule has 176 valence electrons. The van der Waals surface area contributed by atoms with Gasteiger partial charge in [0.15, 0.2) is 0 Å². The first-order chi connectivity index (χ1) is 16.3.